The van der Waals surface area contributed by atoms with Crippen LogP contribution in [0.2, 0.25) is 0 Å². The van der Waals surface area contributed by atoms with E-state index in [4.69, 9.17) is 64.2 Å². The lowest BCUT2D eigenvalue weighted by Gasteiger charge is -2.21. The molecule has 1 aromatic carbocycles. The van der Waals surface area contributed by atoms with Crippen LogP contribution in [-0.4, -0.2) is 175 Å². The van der Waals surface area contributed by atoms with E-state index in [2.05, 4.69) is 23.7 Å². The van der Waals surface area contributed by atoms with Crippen LogP contribution < -0.4 is 9.47 Å². The Balaban J connectivity index is -0.00000132. The first kappa shape index (κ1) is 112. The van der Waals surface area contributed by atoms with Crippen LogP contribution in [0.15, 0.2) is 154 Å². The molecular weight excluding hydrogens is 1560 g/mol. The number of ether oxygens (including phenoxy) is 6. The zero-order chi connectivity index (χ0) is 92.5. The number of carboxylic acid groups (broad SMARTS) is 8. The highest BCUT2D eigenvalue weighted by Gasteiger charge is 2.51. The molecule has 30 heteroatoms. The zero-order valence-electron chi connectivity index (χ0n) is 71.5. The smallest absolute Gasteiger partial charge is 0.375 e. The molecule has 8 unspecified atom stereocenters. The van der Waals surface area contributed by atoms with Crippen molar-refractivity contribution in [3.63, 3.8) is 0 Å². The Morgan fingerprint density at radius 1 is 0.433 bits per heavy atom. The van der Waals surface area contributed by atoms with Gasteiger partial charge in [-0.25, -0.2) is 28.8 Å². The minimum Gasteiger partial charge on any atom is -0.482 e. The number of allylic oxidation sites excluding steroid dienone is 15. The van der Waals surface area contributed by atoms with Crippen molar-refractivity contribution in [1.82, 2.24) is 0 Å². The molecule has 0 aromatic heterocycles. The zero-order valence-corrected chi connectivity index (χ0v) is 71.5. The second kappa shape index (κ2) is 62.7. The van der Waals surface area contributed by atoms with Crippen LogP contribution >= 0.6 is 0 Å². The fourth-order valence-electron chi connectivity index (χ4n) is 12.0. The Labute approximate surface area is 700 Å². The van der Waals surface area contributed by atoms with Gasteiger partial charge < -0.3 is 69.3 Å². The molecule has 0 saturated heterocycles. The predicted molar refractivity (Wildman–Crippen MR) is 445 cm³/mol. The number of carbonyl (C=O) groups is 16. The number of ketones is 8. The van der Waals surface area contributed by atoms with Crippen LogP contribution in [0.3, 0.4) is 0 Å². The first-order valence-corrected chi connectivity index (χ1v) is 38.2. The number of rotatable bonds is 34. The van der Waals surface area contributed by atoms with Gasteiger partial charge in [-0.3, -0.25) is 47.9 Å². The van der Waals surface area contributed by atoms with E-state index in [0.717, 1.165) is 25.0 Å². The topological polar surface area (TPSA) is 490 Å². The number of aromatic carboxylic acids is 1. The summed E-state index contributed by atoms with van der Waals surface area (Å²) in [5.74, 6) is -0.663. The second-order valence-electron chi connectivity index (χ2n) is 25.8. The summed E-state index contributed by atoms with van der Waals surface area (Å²) in [6.07, 6.45) is 30.9. The fourth-order valence-corrected chi connectivity index (χ4v) is 12.0. The summed E-state index contributed by atoms with van der Waals surface area (Å²) >= 11 is 0. The maximum Gasteiger partial charge on any atom is 0.375 e. The van der Waals surface area contributed by atoms with Gasteiger partial charge in [-0.15, -0.1) is 11.8 Å². The Kier molecular flexibility index (Phi) is 58.3. The summed E-state index contributed by atoms with van der Waals surface area (Å²) in [7, 11) is 0. The highest BCUT2D eigenvalue weighted by Crippen LogP contribution is 2.49. The molecule has 8 N–H and O–H groups in total. The maximum absolute atomic E-state index is 11.7. The van der Waals surface area contributed by atoms with E-state index in [-0.39, 0.29) is 167 Å². The Morgan fingerprint density at radius 2 is 0.800 bits per heavy atom. The number of carboxylic acids is 8. The van der Waals surface area contributed by atoms with E-state index < -0.39 is 76.9 Å². The van der Waals surface area contributed by atoms with Gasteiger partial charge in [0.15, 0.2) is 59.8 Å². The molecule has 1 aromatic rings. The van der Waals surface area contributed by atoms with Crippen molar-refractivity contribution in [2.75, 3.05) is 40.0 Å². The Morgan fingerprint density at radius 3 is 1.07 bits per heavy atom. The number of Topliss-reactive ketones (excluding diaryl/α,β-unsaturated/α-hetero) is 7. The third kappa shape index (κ3) is 42.0. The third-order valence-electron chi connectivity index (χ3n) is 17.5. The van der Waals surface area contributed by atoms with E-state index in [1.165, 1.54) is 67.5 Å². The molecule has 5 aliphatic rings. The number of benzene rings is 1. The van der Waals surface area contributed by atoms with Crippen LogP contribution in [-0.2, 0) is 86.1 Å². The molecule has 2 fully saturated rings. The highest BCUT2D eigenvalue weighted by atomic mass is 16.7. The maximum atomic E-state index is 11.7. The van der Waals surface area contributed by atoms with E-state index in [0.29, 0.717) is 43.6 Å². The van der Waals surface area contributed by atoms with Gasteiger partial charge in [0.1, 0.15) is 24.8 Å². The van der Waals surface area contributed by atoms with E-state index >= 15 is 0 Å². The van der Waals surface area contributed by atoms with Crippen LogP contribution in [0.25, 0.3) is 0 Å². The molecule has 656 valence electrons. The monoisotopic (exact) mass is 1680 g/mol. The van der Waals surface area contributed by atoms with Crippen molar-refractivity contribution in [1.29, 1.82) is 0 Å². The summed E-state index contributed by atoms with van der Waals surface area (Å²) in [5, 5.41) is 70.7. The lowest BCUT2D eigenvalue weighted by atomic mass is 9.81. The third-order valence-corrected chi connectivity index (χ3v) is 17.5. The van der Waals surface area contributed by atoms with Crippen LogP contribution in [0.1, 0.15) is 197 Å². The summed E-state index contributed by atoms with van der Waals surface area (Å²) in [6, 6.07) is 2.59. The molecule has 2 saturated carbocycles. The lowest BCUT2D eigenvalue weighted by molar-refractivity contribution is -0.147. The molecule has 1 heterocycles. The Hall–Kier alpha value is -12.5. The minimum atomic E-state index is -1.30. The first-order chi connectivity index (χ1) is 56.6. The summed E-state index contributed by atoms with van der Waals surface area (Å²) in [5.41, 5.74) is 1.39. The first-order valence-electron chi connectivity index (χ1n) is 38.2. The van der Waals surface area contributed by atoms with Gasteiger partial charge in [0.2, 0.25) is 5.76 Å². The SMILES string of the molecule is CC.CC#CC/C(C(C)=O)=C(\CC#CC)C(=O)O.CC(=O)/C1=C(\C(=O)O)OC/C=C\CO1.CC(=O)/C=C\C(=O)O.CC(=O)C1C2C=CC(C2)C1C(=O)O.CC(=O)C1C2C=CC(C2)C1C(=O)O.CC/C(C(C)=O)=C(\CC)C(=O)O.CC=CC/C(C(C)=O)=C(\CC=CC)C(=O)O.CC=CCOCOc1cc(C(C)=O)c(C(=O)O)cc1OCOCC=CC. The van der Waals surface area contributed by atoms with Gasteiger partial charge in [-0.1, -0.05) is 112 Å². The molecule has 0 amide bonds. The molecule has 4 aliphatic carbocycles. The molecule has 120 heavy (non-hydrogen) atoms. The van der Waals surface area contributed by atoms with Gasteiger partial charge in [0.25, 0.3) is 5.76 Å². The van der Waals surface area contributed by atoms with E-state index in [1.807, 2.05) is 84.1 Å². The highest BCUT2D eigenvalue weighted by molar-refractivity contribution is 6.06. The van der Waals surface area contributed by atoms with Crippen molar-refractivity contribution in [2.45, 2.75) is 176 Å². The van der Waals surface area contributed by atoms with Crippen molar-refractivity contribution in [3.8, 4) is 35.2 Å². The van der Waals surface area contributed by atoms with Crippen molar-refractivity contribution in [3.05, 3.63) is 165 Å². The Bertz CT molecular complexity index is 3960. The molecule has 8 atom stereocenters. The largest absolute Gasteiger partial charge is 0.482 e. The number of carbonyl (C=O) groups excluding carboxylic acids is 8. The van der Waals surface area contributed by atoms with Gasteiger partial charge in [-0.2, -0.15) is 0 Å². The van der Waals surface area contributed by atoms with E-state index in [9.17, 15) is 81.8 Å². The van der Waals surface area contributed by atoms with Crippen LogP contribution in [0.5, 0.6) is 11.5 Å². The van der Waals surface area contributed by atoms with Crippen molar-refractivity contribution >= 4 is 94.0 Å². The molecule has 0 radical (unpaired) electrons. The standard InChI is InChI=1S/C19H24O7.C13H18O3.C13H14O3.2C10H12O3.C9H10O5.C9H14O3.C5H6O3.C2H6/c1-4-6-8-23-12-25-17-10-15(14(3)20)16(19(21)22)11-18(17)26-13-24-9-7-5-2;2*1-4-6-8-11(10(3)14)12(13(15)16)9-7-5-2;2*1-5(11)8-6-2-3-7(4-6)9(8)10(12)13;1-6(10)7-8(9(11)12)14-5-3-2-4-13-7;1-4-7(6(3)10)8(5-2)9(11)12;1-4(6)2-3-5(7)8;1-2/h4-7,10-11H,8-9,12-13H2,1-3H3,(H,21,22);4-7H,8-9H2,1-3H3,(H,15,16);8-9H2,1-3H3,(H,15,16);2*2-3,6-9H,4H2,1H3,(H,12,13);2-3H,4-5H2,1H3,(H,11,12);4-5H2,1-3H3,(H,11,12);2-3H,1H3,(H,7,8);1-2H3/b;6-4?,7-5?,12-11-;12-11-;;;3-2-,8-7-;8-7-;3-2-;. The number of hydrogen-bond acceptors (Lipinski definition) is 22. The summed E-state index contributed by atoms with van der Waals surface area (Å²) in [6.45, 7) is 30.0. The van der Waals surface area contributed by atoms with Gasteiger partial charge in [0, 0.05) is 71.1 Å². The number of aliphatic carboxylic acids is 7. The lowest BCUT2D eigenvalue weighted by Crippen LogP contribution is -2.31. The van der Waals surface area contributed by atoms with Gasteiger partial charge >= 0.3 is 47.8 Å². The molecule has 30 nitrogen and oxygen atoms in total. The van der Waals surface area contributed by atoms with Crippen molar-refractivity contribution in [2.24, 2.45) is 47.3 Å². The molecular formula is C90H116O30. The van der Waals surface area contributed by atoms with Gasteiger partial charge in [0.05, 0.1) is 36.2 Å². The second-order valence-corrected chi connectivity index (χ2v) is 25.8. The quantitative estimate of drug-likeness (QED) is 0.00793. The van der Waals surface area contributed by atoms with Gasteiger partial charge in [-0.05, 0) is 183 Å². The molecule has 1 aliphatic heterocycles. The summed E-state index contributed by atoms with van der Waals surface area (Å²) in [4.78, 5) is 175. The average Bonchev–Trinajstić information content (AvgIpc) is 1.67. The van der Waals surface area contributed by atoms with E-state index in [1.54, 1.807) is 70.2 Å². The molecule has 0 spiro atoms. The number of hydrogen-bond donors (Lipinski definition) is 8. The number of fused-ring (bicyclic) bond motifs is 4. The van der Waals surface area contributed by atoms with Crippen LogP contribution in [0, 0.1) is 71.0 Å². The molecule has 4 bridgehead atoms. The average molecular weight is 1680 g/mol. The minimum absolute atomic E-state index is 0.0178. The fraction of sp³-hybridized carbons (Fsp3) is 0.444. The summed E-state index contributed by atoms with van der Waals surface area (Å²) < 4.78 is 31.3. The molecule has 6 rings (SSSR count). The predicted octanol–water partition coefficient (Wildman–Crippen LogP) is 13.8. The van der Waals surface area contributed by atoms with Crippen LogP contribution in [0.4, 0.5) is 0 Å². The normalized spacial score (nSPS) is 19.1. The van der Waals surface area contributed by atoms with Crippen molar-refractivity contribution < 1.29 is 146 Å².